The summed E-state index contributed by atoms with van der Waals surface area (Å²) in [6, 6.07) is 0. The fourth-order valence-electron chi connectivity index (χ4n) is 3.45. The molecule has 1 amide bonds. The Morgan fingerprint density at radius 1 is 1.29 bits per heavy atom. The SMILES string of the molecule is CCCCC[C@H](O)CC=C1C(=O)C[C@H](O)[C@@H]1CC=CCCCC(=O)NCCO. The maximum Gasteiger partial charge on any atom is 0.220 e. The first-order valence-electron chi connectivity index (χ1n) is 10.6. The molecule has 0 aromatic heterocycles. The van der Waals surface area contributed by atoms with Crippen LogP contribution in [0.1, 0.15) is 71.1 Å². The third kappa shape index (κ3) is 9.62. The number of hydrogen-bond acceptors (Lipinski definition) is 5. The van der Waals surface area contributed by atoms with Gasteiger partial charge in [0.15, 0.2) is 5.78 Å². The maximum absolute atomic E-state index is 12.2. The van der Waals surface area contributed by atoms with Crippen molar-refractivity contribution >= 4 is 11.7 Å². The van der Waals surface area contributed by atoms with Crippen molar-refractivity contribution in [1.82, 2.24) is 5.32 Å². The number of Topliss-reactive ketones (excluding diaryl/α,β-unsaturated/α-hetero) is 1. The number of ketones is 1. The van der Waals surface area contributed by atoms with Crippen molar-refractivity contribution in [2.75, 3.05) is 13.2 Å². The zero-order valence-corrected chi connectivity index (χ0v) is 17.1. The molecule has 0 aromatic carbocycles. The van der Waals surface area contributed by atoms with Gasteiger partial charge in [-0.2, -0.15) is 0 Å². The molecule has 0 unspecified atom stereocenters. The Labute approximate surface area is 168 Å². The highest BCUT2D eigenvalue weighted by Gasteiger charge is 2.35. The highest BCUT2D eigenvalue weighted by atomic mass is 16.3. The number of unbranched alkanes of at least 4 members (excludes halogenated alkanes) is 3. The molecule has 6 nitrogen and oxygen atoms in total. The fourth-order valence-corrected chi connectivity index (χ4v) is 3.45. The first-order valence-corrected chi connectivity index (χ1v) is 10.6. The summed E-state index contributed by atoms with van der Waals surface area (Å²) in [4.78, 5) is 23.6. The van der Waals surface area contributed by atoms with E-state index in [0.29, 0.717) is 31.3 Å². The molecule has 28 heavy (non-hydrogen) atoms. The minimum atomic E-state index is -0.662. The molecule has 4 N–H and O–H groups in total. The number of nitrogens with one attached hydrogen (secondary N) is 1. The molecule has 0 radical (unpaired) electrons. The van der Waals surface area contributed by atoms with E-state index in [1.165, 1.54) is 0 Å². The Balaban J connectivity index is 2.41. The molecule has 1 fully saturated rings. The molecule has 6 heteroatoms. The second-order valence-corrected chi connectivity index (χ2v) is 7.52. The summed E-state index contributed by atoms with van der Waals surface area (Å²) in [5.41, 5.74) is 0.648. The summed E-state index contributed by atoms with van der Waals surface area (Å²) in [6.45, 7) is 2.35. The Morgan fingerprint density at radius 2 is 2.07 bits per heavy atom. The molecule has 160 valence electrons. The van der Waals surface area contributed by atoms with E-state index >= 15 is 0 Å². The minimum Gasteiger partial charge on any atom is -0.395 e. The van der Waals surface area contributed by atoms with Gasteiger partial charge in [0.25, 0.3) is 0 Å². The Hall–Kier alpha value is -1.50. The zero-order chi connectivity index (χ0) is 20.8. The van der Waals surface area contributed by atoms with Crippen molar-refractivity contribution in [1.29, 1.82) is 0 Å². The number of carbonyl (C=O) groups excluding carboxylic acids is 2. The van der Waals surface area contributed by atoms with Gasteiger partial charge in [-0.15, -0.1) is 0 Å². The Bertz CT molecular complexity index is 529. The highest BCUT2D eigenvalue weighted by molar-refractivity contribution is 5.98. The van der Waals surface area contributed by atoms with Gasteiger partial charge in [-0.25, -0.2) is 0 Å². The maximum atomic E-state index is 12.2. The van der Waals surface area contributed by atoms with Crippen molar-refractivity contribution in [3.8, 4) is 0 Å². The van der Waals surface area contributed by atoms with Crippen molar-refractivity contribution in [2.24, 2.45) is 5.92 Å². The van der Waals surface area contributed by atoms with Crippen LogP contribution in [0.3, 0.4) is 0 Å². The van der Waals surface area contributed by atoms with E-state index in [1.807, 2.05) is 18.2 Å². The lowest BCUT2D eigenvalue weighted by Crippen LogP contribution is -2.25. The molecule has 0 bridgehead atoms. The lowest BCUT2D eigenvalue weighted by molar-refractivity contribution is -0.121. The summed E-state index contributed by atoms with van der Waals surface area (Å²) < 4.78 is 0. The molecule has 0 spiro atoms. The van der Waals surface area contributed by atoms with E-state index in [4.69, 9.17) is 5.11 Å². The van der Waals surface area contributed by atoms with Crippen LogP contribution in [0.2, 0.25) is 0 Å². The van der Waals surface area contributed by atoms with E-state index in [1.54, 1.807) is 0 Å². The van der Waals surface area contributed by atoms with Crippen molar-refractivity contribution in [3.63, 3.8) is 0 Å². The van der Waals surface area contributed by atoms with E-state index in [-0.39, 0.29) is 37.2 Å². The molecule has 3 atom stereocenters. The van der Waals surface area contributed by atoms with E-state index < -0.39 is 12.2 Å². The number of allylic oxidation sites excluding steroid dienone is 2. The second kappa shape index (κ2) is 14.5. The van der Waals surface area contributed by atoms with Gasteiger partial charge >= 0.3 is 0 Å². The molecule has 0 heterocycles. The largest absolute Gasteiger partial charge is 0.395 e. The van der Waals surface area contributed by atoms with Crippen molar-refractivity contribution in [2.45, 2.75) is 83.3 Å². The number of rotatable bonds is 14. The first kappa shape index (κ1) is 24.5. The number of hydrogen-bond donors (Lipinski definition) is 4. The average molecular weight is 396 g/mol. The van der Waals surface area contributed by atoms with Gasteiger partial charge in [0.2, 0.25) is 5.91 Å². The van der Waals surface area contributed by atoms with E-state index in [0.717, 1.165) is 32.1 Å². The number of aliphatic hydroxyl groups is 3. The zero-order valence-electron chi connectivity index (χ0n) is 17.1. The monoisotopic (exact) mass is 395 g/mol. The standard InChI is InChI=1S/C22H37NO5/c1-2-3-6-9-17(25)12-13-19-18(20(26)16-21(19)27)10-7-4-5-8-11-22(28)23-14-15-24/h4,7,13,17-18,20,24-26H,2-3,5-6,8-12,14-16H2,1H3,(H,23,28)/t17-,18+,20-/m0/s1. The van der Waals surface area contributed by atoms with Crippen LogP contribution in [0.5, 0.6) is 0 Å². The lowest BCUT2D eigenvalue weighted by Gasteiger charge is -2.14. The van der Waals surface area contributed by atoms with Crippen LogP contribution in [0.25, 0.3) is 0 Å². The van der Waals surface area contributed by atoms with Crippen LogP contribution >= 0.6 is 0 Å². The van der Waals surface area contributed by atoms with Crippen LogP contribution < -0.4 is 5.32 Å². The topological polar surface area (TPSA) is 107 Å². The van der Waals surface area contributed by atoms with Crippen molar-refractivity contribution in [3.05, 3.63) is 23.8 Å². The molecule has 1 aliphatic carbocycles. The molecule has 0 aliphatic heterocycles. The third-order valence-corrected chi connectivity index (χ3v) is 5.10. The lowest BCUT2D eigenvalue weighted by atomic mass is 9.94. The molecule has 0 saturated heterocycles. The van der Waals surface area contributed by atoms with Gasteiger partial charge in [0.05, 0.1) is 18.8 Å². The van der Waals surface area contributed by atoms with E-state index in [9.17, 15) is 19.8 Å². The average Bonchev–Trinajstić information content (AvgIpc) is 2.94. The van der Waals surface area contributed by atoms with Crippen LogP contribution in [0.15, 0.2) is 23.8 Å². The number of amides is 1. The molecular formula is C22H37NO5. The van der Waals surface area contributed by atoms with Crippen LogP contribution in [-0.4, -0.2) is 52.4 Å². The fraction of sp³-hybridized carbons (Fsp3) is 0.727. The molecule has 1 saturated carbocycles. The molecule has 0 aromatic rings. The first-order chi connectivity index (χ1) is 13.5. The smallest absolute Gasteiger partial charge is 0.220 e. The molecule has 1 rings (SSSR count). The highest BCUT2D eigenvalue weighted by Crippen LogP contribution is 2.32. The van der Waals surface area contributed by atoms with Gasteiger partial charge in [0.1, 0.15) is 0 Å². The van der Waals surface area contributed by atoms with Gasteiger partial charge in [0, 0.05) is 25.3 Å². The summed E-state index contributed by atoms with van der Waals surface area (Å²) in [6.07, 6.45) is 11.7. The summed E-state index contributed by atoms with van der Waals surface area (Å²) in [5, 5.41) is 31.5. The molecule has 1 aliphatic rings. The Morgan fingerprint density at radius 3 is 2.79 bits per heavy atom. The summed E-state index contributed by atoms with van der Waals surface area (Å²) >= 11 is 0. The van der Waals surface area contributed by atoms with Gasteiger partial charge < -0.3 is 20.6 Å². The minimum absolute atomic E-state index is 0.0211. The summed E-state index contributed by atoms with van der Waals surface area (Å²) in [5.74, 6) is -0.298. The van der Waals surface area contributed by atoms with E-state index in [2.05, 4.69) is 12.2 Å². The number of carbonyl (C=O) groups is 2. The second-order valence-electron chi connectivity index (χ2n) is 7.52. The predicted molar refractivity (Wildman–Crippen MR) is 110 cm³/mol. The molecular weight excluding hydrogens is 358 g/mol. The quantitative estimate of drug-likeness (QED) is 0.205. The van der Waals surface area contributed by atoms with Crippen molar-refractivity contribution < 1.29 is 24.9 Å². The predicted octanol–water partition coefficient (Wildman–Crippen LogP) is 2.42. The summed E-state index contributed by atoms with van der Waals surface area (Å²) in [7, 11) is 0. The van der Waals surface area contributed by atoms with Gasteiger partial charge in [-0.05, 0) is 37.7 Å². The Kier molecular flexibility index (Phi) is 12.7. The van der Waals surface area contributed by atoms with Crippen LogP contribution in [-0.2, 0) is 9.59 Å². The van der Waals surface area contributed by atoms with Gasteiger partial charge in [-0.1, -0.05) is 44.4 Å². The van der Waals surface area contributed by atoms with Crippen LogP contribution in [0.4, 0.5) is 0 Å². The normalized spacial score (nSPS) is 22.3. The number of aliphatic hydroxyl groups excluding tert-OH is 3. The van der Waals surface area contributed by atoms with Crippen LogP contribution in [0, 0.1) is 5.92 Å². The third-order valence-electron chi connectivity index (χ3n) is 5.10. The van der Waals surface area contributed by atoms with Gasteiger partial charge in [-0.3, -0.25) is 9.59 Å².